The minimum absolute atomic E-state index is 0.706. The van der Waals surface area contributed by atoms with Crippen LogP contribution in [0.15, 0.2) is 24.7 Å². The SMILES string of the molecule is CCN1CCC(N2CCN(c3cnc(Nc4cc5c(C6CCCC6)c(C)sc5cn4)cn3)CC2)CC1.CN(C)C=O. The highest BCUT2D eigenvalue weighted by Crippen LogP contribution is 2.43. The number of nitrogens with one attached hydrogen (secondary N) is 1. The normalized spacial score (nSPS) is 19.3. The van der Waals surface area contributed by atoms with Gasteiger partial charge >= 0.3 is 0 Å². The maximum Gasteiger partial charge on any atom is 0.209 e. The second-order valence-corrected chi connectivity index (χ2v) is 13.0. The zero-order valence-electron chi connectivity index (χ0n) is 25.2. The number of fused-ring (bicyclic) bond motifs is 1. The Bertz CT molecular complexity index is 1260. The summed E-state index contributed by atoms with van der Waals surface area (Å²) in [5.74, 6) is 3.28. The van der Waals surface area contributed by atoms with E-state index < -0.39 is 0 Å². The van der Waals surface area contributed by atoms with E-state index in [-0.39, 0.29) is 0 Å². The first-order valence-electron chi connectivity index (χ1n) is 15.3. The average Bonchev–Trinajstić information content (AvgIpc) is 3.65. The lowest BCUT2D eigenvalue weighted by molar-refractivity contribution is -0.115. The van der Waals surface area contributed by atoms with Gasteiger partial charge in [0.25, 0.3) is 0 Å². The Hall–Kier alpha value is -2.82. The van der Waals surface area contributed by atoms with Crippen molar-refractivity contribution < 1.29 is 4.79 Å². The Morgan fingerprint density at radius 2 is 1.63 bits per heavy atom. The van der Waals surface area contributed by atoms with Gasteiger partial charge in [0.1, 0.15) is 17.5 Å². The van der Waals surface area contributed by atoms with E-state index in [9.17, 15) is 4.79 Å². The zero-order chi connectivity index (χ0) is 28.8. The summed E-state index contributed by atoms with van der Waals surface area (Å²) in [4.78, 5) is 34.1. The monoisotopic (exact) mass is 578 g/mol. The first-order chi connectivity index (χ1) is 19.9. The van der Waals surface area contributed by atoms with Crippen LogP contribution >= 0.6 is 11.3 Å². The second-order valence-electron chi connectivity index (χ2n) is 11.8. The molecular formula is C31H46N8OS. The van der Waals surface area contributed by atoms with Crippen molar-refractivity contribution in [1.29, 1.82) is 0 Å². The molecule has 1 aliphatic carbocycles. The van der Waals surface area contributed by atoms with E-state index in [1.807, 2.05) is 29.9 Å². The topological polar surface area (TPSA) is 80.7 Å². The molecule has 1 saturated carbocycles. The average molecular weight is 579 g/mol. The van der Waals surface area contributed by atoms with Crippen LogP contribution in [0.5, 0.6) is 0 Å². The van der Waals surface area contributed by atoms with E-state index in [0.29, 0.717) is 5.92 Å². The molecule has 3 fully saturated rings. The maximum absolute atomic E-state index is 9.43. The molecule has 0 radical (unpaired) electrons. The van der Waals surface area contributed by atoms with Gasteiger partial charge in [-0.2, -0.15) is 0 Å². The molecular weight excluding hydrogens is 532 g/mol. The molecule has 3 aromatic rings. The van der Waals surface area contributed by atoms with Crippen LogP contribution in [0.3, 0.4) is 0 Å². The lowest BCUT2D eigenvalue weighted by Gasteiger charge is -2.42. The van der Waals surface area contributed by atoms with E-state index in [4.69, 9.17) is 4.98 Å². The number of piperazine rings is 1. The lowest BCUT2D eigenvalue weighted by atomic mass is 9.95. The quantitative estimate of drug-likeness (QED) is 0.388. The number of carbonyl (C=O) groups is 1. The molecule has 6 rings (SSSR count). The summed E-state index contributed by atoms with van der Waals surface area (Å²) >= 11 is 1.88. The number of thiophene rings is 1. The first-order valence-corrected chi connectivity index (χ1v) is 16.1. The number of rotatable bonds is 7. The number of aryl methyl sites for hydroxylation is 1. The molecule has 2 aliphatic heterocycles. The van der Waals surface area contributed by atoms with Gasteiger partial charge < -0.3 is 20.0 Å². The Morgan fingerprint density at radius 3 is 2.24 bits per heavy atom. The fraction of sp³-hybridized carbons (Fsp3) is 0.613. The van der Waals surface area contributed by atoms with Gasteiger partial charge in [-0.05, 0) is 69.8 Å². The molecule has 10 heteroatoms. The number of piperidine rings is 1. The van der Waals surface area contributed by atoms with Crippen LogP contribution in [0, 0.1) is 6.92 Å². The third-order valence-electron chi connectivity index (χ3n) is 8.83. The number of pyridine rings is 1. The van der Waals surface area contributed by atoms with Gasteiger partial charge in [-0.1, -0.05) is 19.8 Å². The van der Waals surface area contributed by atoms with Gasteiger partial charge in [0.15, 0.2) is 0 Å². The van der Waals surface area contributed by atoms with Gasteiger partial charge in [0.2, 0.25) is 6.41 Å². The van der Waals surface area contributed by atoms with Crippen molar-refractivity contribution in [3.63, 3.8) is 0 Å². The second kappa shape index (κ2) is 13.9. The van der Waals surface area contributed by atoms with Crippen LogP contribution in [-0.4, -0.2) is 102 Å². The minimum atomic E-state index is 0.706. The number of hydrogen-bond acceptors (Lipinski definition) is 9. The summed E-state index contributed by atoms with van der Waals surface area (Å²) in [5, 5.41) is 4.77. The van der Waals surface area contributed by atoms with Crippen LogP contribution < -0.4 is 10.2 Å². The molecule has 2 saturated heterocycles. The first kappa shape index (κ1) is 29.7. The van der Waals surface area contributed by atoms with E-state index in [1.165, 1.54) is 78.0 Å². The van der Waals surface area contributed by atoms with Gasteiger partial charge in [0.05, 0.1) is 17.1 Å². The molecule has 0 unspecified atom stereocenters. The Labute approximate surface area is 249 Å². The largest absolute Gasteiger partial charge is 0.353 e. The summed E-state index contributed by atoms with van der Waals surface area (Å²) in [6.45, 7) is 12.5. The Balaban J connectivity index is 0.000000623. The number of likely N-dealkylation sites (tertiary alicyclic amines) is 1. The fourth-order valence-electron chi connectivity index (χ4n) is 6.53. The molecule has 41 heavy (non-hydrogen) atoms. The number of aromatic nitrogens is 3. The number of nitrogens with zero attached hydrogens (tertiary/aromatic N) is 7. The molecule has 0 atom stereocenters. The Kier molecular flexibility index (Phi) is 10.1. The maximum atomic E-state index is 9.43. The Morgan fingerprint density at radius 1 is 0.951 bits per heavy atom. The number of carbonyl (C=O) groups excluding carboxylic acids is 1. The predicted octanol–water partition coefficient (Wildman–Crippen LogP) is 5.11. The smallest absolute Gasteiger partial charge is 0.209 e. The zero-order valence-corrected chi connectivity index (χ0v) is 26.0. The van der Waals surface area contributed by atoms with Gasteiger partial charge in [-0.3, -0.25) is 9.69 Å². The predicted molar refractivity (Wildman–Crippen MR) is 170 cm³/mol. The van der Waals surface area contributed by atoms with Crippen molar-refractivity contribution in [2.45, 2.75) is 64.3 Å². The molecule has 5 heterocycles. The lowest BCUT2D eigenvalue weighted by Crippen LogP contribution is -2.53. The third kappa shape index (κ3) is 7.34. The van der Waals surface area contributed by atoms with Crippen molar-refractivity contribution >= 4 is 45.3 Å². The van der Waals surface area contributed by atoms with Crippen molar-refractivity contribution in [2.24, 2.45) is 0 Å². The molecule has 0 bridgehead atoms. The van der Waals surface area contributed by atoms with Crippen LogP contribution in [-0.2, 0) is 4.79 Å². The summed E-state index contributed by atoms with van der Waals surface area (Å²) < 4.78 is 1.29. The standard InChI is InChI=1S/C28H39N7S.C3H7NO/c1-3-33-10-8-22(9-11-33)34-12-14-35(15-13-34)27-19-30-26(18-31-27)32-25-16-23-24(17-29-25)36-20(2)28(23)21-6-4-5-7-21;1-4(2)3-5/h16-19,21-22H,3-15H2,1-2H3,(H,29,30,32);3H,1-2H3. The summed E-state index contributed by atoms with van der Waals surface area (Å²) in [5.41, 5.74) is 1.55. The fourth-order valence-corrected chi connectivity index (χ4v) is 7.63. The van der Waals surface area contributed by atoms with Crippen LogP contribution in [0.25, 0.3) is 10.1 Å². The molecule has 0 aromatic carbocycles. The van der Waals surface area contributed by atoms with Gasteiger partial charge in [-0.25, -0.2) is 15.0 Å². The number of anilines is 3. The van der Waals surface area contributed by atoms with Crippen LogP contribution in [0.4, 0.5) is 17.5 Å². The van der Waals surface area contributed by atoms with Crippen molar-refractivity contribution in [3.05, 3.63) is 35.1 Å². The molecule has 3 aliphatic rings. The van der Waals surface area contributed by atoms with Crippen LogP contribution in [0.1, 0.15) is 61.8 Å². The van der Waals surface area contributed by atoms with Crippen LogP contribution in [0.2, 0.25) is 0 Å². The molecule has 1 N–H and O–H groups in total. The minimum Gasteiger partial charge on any atom is -0.353 e. The highest BCUT2D eigenvalue weighted by Gasteiger charge is 2.27. The highest BCUT2D eigenvalue weighted by molar-refractivity contribution is 7.19. The number of hydrogen-bond donors (Lipinski definition) is 1. The third-order valence-corrected chi connectivity index (χ3v) is 9.90. The van der Waals surface area contributed by atoms with Crippen molar-refractivity contribution in [1.82, 2.24) is 29.7 Å². The molecule has 3 aromatic heterocycles. The van der Waals surface area contributed by atoms with E-state index >= 15 is 0 Å². The summed E-state index contributed by atoms with van der Waals surface area (Å²) in [6, 6.07) is 2.96. The molecule has 0 spiro atoms. The van der Waals surface area contributed by atoms with Gasteiger partial charge in [-0.15, -0.1) is 11.3 Å². The highest BCUT2D eigenvalue weighted by atomic mass is 32.1. The van der Waals surface area contributed by atoms with Crippen molar-refractivity contribution in [3.8, 4) is 0 Å². The molecule has 9 nitrogen and oxygen atoms in total. The van der Waals surface area contributed by atoms with E-state index in [1.54, 1.807) is 19.7 Å². The summed E-state index contributed by atoms with van der Waals surface area (Å²) in [6.07, 6.45) is 14.5. The van der Waals surface area contributed by atoms with Gasteiger partial charge in [0, 0.05) is 62.8 Å². The molecule has 222 valence electrons. The van der Waals surface area contributed by atoms with Crippen molar-refractivity contribution in [2.75, 3.05) is 70.1 Å². The van der Waals surface area contributed by atoms with E-state index in [0.717, 1.165) is 56.1 Å². The van der Waals surface area contributed by atoms with E-state index in [2.05, 4.69) is 49.9 Å². The number of amides is 1. The summed E-state index contributed by atoms with van der Waals surface area (Å²) in [7, 11) is 3.38. The molecule has 1 amide bonds.